The van der Waals surface area contributed by atoms with Crippen LogP contribution in [-0.2, 0) is 4.79 Å². The van der Waals surface area contributed by atoms with Gasteiger partial charge in [0.2, 0.25) is 0 Å². The van der Waals surface area contributed by atoms with Gasteiger partial charge >= 0.3 is 0 Å². The Morgan fingerprint density at radius 2 is 2.36 bits per heavy atom. The van der Waals surface area contributed by atoms with Crippen LogP contribution in [0.3, 0.4) is 0 Å². The third-order valence-electron chi connectivity index (χ3n) is 2.71. The molecule has 0 aromatic rings. The molecule has 0 N–H and O–H groups in total. The molecular formula is C13H20O. The summed E-state index contributed by atoms with van der Waals surface area (Å²) < 4.78 is 0. The van der Waals surface area contributed by atoms with Crippen LogP contribution in [0.5, 0.6) is 0 Å². The lowest BCUT2D eigenvalue weighted by molar-refractivity contribution is -0.111. The maximum absolute atomic E-state index is 10.6. The third-order valence-corrected chi connectivity index (χ3v) is 2.71. The fraction of sp³-hybridized carbons (Fsp3) is 0.615. The number of hydrogen-bond donors (Lipinski definition) is 0. The second-order valence-electron chi connectivity index (χ2n) is 4.36. The Bertz CT molecular complexity index is 244. The van der Waals surface area contributed by atoms with E-state index in [-0.39, 0.29) is 0 Å². The Kier molecular flexibility index (Phi) is 4.64. The molecule has 0 spiro atoms. The van der Waals surface area contributed by atoms with E-state index in [4.69, 9.17) is 0 Å². The summed E-state index contributed by atoms with van der Waals surface area (Å²) in [6.07, 6.45) is 11.1. The van der Waals surface area contributed by atoms with Crippen molar-refractivity contribution in [2.45, 2.75) is 46.0 Å². The summed E-state index contributed by atoms with van der Waals surface area (Å²) >= 11 is 0. The SMILES string of the molecule is CC(C)=CCCC1=CCCC(C=O)C1. The number of hydrogen-bond acceptors (Lipinski definition) is 1. The molecular weight excluding hydrogens is 172 g/mol. The molecule has 1 aliphatic rings. The van der Waals surface area contributed by atoms with Gasteiger partial charge < -0.3 is 4.79 Å². The second-order valence-corrected chi connectivity index (χ2v) is 4.36. The van der Waals surface area contributed by atoms with Crippen molar-refractivity contribution in [2.75, 3.05) is 0 Å². The third kappa shape index (κ3) is 3.91. The van der Waals surface area contributed by atoms with E-state index in [1.807, 2.05) is 0 Å². The van der Waals surface area contributed by atoms with Crippen LogP contribution in [0.25, 0.3) is 0 Å². The predicted molar refractivity (Wildman–Crippen MR) is 60.2 cm³/mol. The molecule has 0 heterocycles. The largest absolute Gasteiger partial charge is 0.303 e. The van der Waals surface area contributed by atoms with E-state index in [0.29, 0.717) is 5.92 Å². The first-order chi connectivity index (χ1) is 6.72. The summed E-state index contributed by atoms with van der Waals surface area (Å²) in [6, 6.07) is 0. The summed E-state index contributed by atoms with van der Waals surface area (Å²) in [7, 11) is 0. The zero-order chi connectivity index (χ0) is 10.4. The van der Waals surface area contributed by atoms with Gasteiger partial charge in [-0.05, 0) is 46.0 Å². The summed E-state index contributed by atoms with van der Waals surface area (Å²) in [5.74, 6) is 0.293. The minimum absolute atomic E-state index is 0.293. The lowest BCUT2D eigenvalue weighted by atomic mass is 9.88. The van der Waals surface area contributed by atoms with E-state index in [0.717, 1.165) is 38.4 Å². The summed E-state index contributed by atoms with van der Waals surface area (Å²) in [5, 5.41) is 0. The van der Waals surface area contributed by atoms with Gasteiger partial charge in [-0.25, -0.2) is 0 Å². The van der Waals surface area contributed by atoms with Crippen molar-refractivity contribution in [3.8, 4) is 0 Å². The van der Waals surface area contributed by atoms with Gasteiger partial charge in [-0.2, -0.15) is 0 Å². The smallest absolute Gasteiger partial charge is 0.123 e. The van der Waals surface area contributed by atoms with Crippen LogP contribution in [0.15, 0.2) is 23.3 Å². The molecule has 0 radical (unpaired) electrons. The van der Waals surface area contributed by atoms with Crippen LogP contribution in [0, 0.1) is 5.92 Å². The molecule has 0 aromatic carbocycles. The molecule has 1 nitrogen and oxygen atoms in total. The van der Waals surface area contributed by atoms with Gasteiger partial charge in [-0.1, -0.05) is 23.3 Å². The molecule has 1 heteroatoms. The van der Waals surface area contributed by atoms with Gasteiger partial charge in [0.1, 0.15) is 6.29 Å². The van der Waals surface area contributed by atoms with Gasteiger partial charge in [0.05, 0.1) is 0 Å². The van der Waals surface area contributed by atoms with Crippen LogP contribution < -0.4 is 0 Å². The van der Waals surface area contributed by atoms with Crippen molar-refractivity contribution in [1.82, 2.24) is 0 Å². The van der Waals surface area contributed by atoms with Gasteiger partial charge in [-0.15, -0.1) is 0 Å². The van der Waals surface area contributed by atoms with Gasteiger partial charge in [0, 0.05) is 5.92 Å². The summed E-state index contributed by atoms with van der Waals surface area (Å²) in [5.41, 5.74) is 2.86. The number of allylic oxidation sites excluding steroid dienone is 4. The molecule has 0 bridgehead atoms. The topological polar surface area (TPSA) is 17.1 Å². The number of rotatable bonds is 4. The zero-order valence-corrected chi connectivity index (χ0v) is 9.25. The van der Waals surface area contributed by atoms with Crippen molar-refractivity contribution >= 4 is 6.29 Å². The predicted octanol–water partition coefficient (Wildman–Crippen LogP) is 3.66. The van der Waals surface area contributed by atoms with E-state index in [9.17, 15) is 4.79 Å². The van der Waals surface area contributed by atoms with Crippen molar-refractivity contribution in [1.29, 1.82) is 0 Å². The van der Waals surface area contributed by atoms with Crippen molar-refractivity contribution in [2.24, 2.45) is 5.92 Å². The van der Waals surface area contributed by atoms with Crippen molar-refractivity contribution in [3.05, 3.63) is 23.3 Å². The average molecular weight is 192 g/mol. The molecule has 0 saturated heterocycles. The minimum atomic E-state index is 0.293. The molecule has 1 atom stereocenters. The van der Waals surface area contributed by atoms with E-state index in [1.54, 1.807) is 0 Å². The quantitative estimate of drug-likeness (QED) is 0.491. The first-order valence-corrected chi connectivity index (χ1v) is 5.49. The summed E-state index contributed by atoms with van der Waals surface area (Å²) in [4.78, 5) is 10.6. The second kappa shape index (κ2) is 5.79. The Morgan fingerprint density at radius 1 is 1.57 bits per heavy atom. The van der Waals surface area contributed by atoms with Crippen molar-refractivity contribution < 1.29 is 4.79 Å². The molecule has 0 amide bonds. The van der Waals surface area contributed by atoms with E-state index >= 15 is 0 Å². The Hall–Kier alpha value is -0.850. The molecule has 0 aromatic heterocycles. The fourth-order valence-electron chi connectivity index (χ4n) is 1.89. The fourth-order valence-corrected chi connectivity index (χ4v) is 1.89. The highest BCUT2D eigenvalue weighted by Crippen LogP contribution is 2.25. The molecule has 78 valence electrons. The first kappa shape index (κ1) is 11.2. The normalized spacial score (nSPS) is 21.3. The van der Waals surface area contributed by atoms with Gasteiger partial charge in [0.25, 0.3) is 0 Å². The molecule has 0 fully saturated rings. The van der Waals surface area contributed by atoms with Crippen LogP contribution in [0.4, 0.5) is 0 Å². The Balaban J connectivity index is 2.34. The van der Waals surface area contributed by atoms with Crippen LogP contribution in [0.2, 0.25) is 0 Å². The number of aldehydes is 1. The Morgan fingerprint density at radius 3 is 3.00 bits per heavy atom. The van der Waals surface area contributed by atoms with Crippen LogP contribution in [-0.4, -0.2) is 6.29 Å². The standard InChI is InChI=1S/C13H20O/c1-11(2)5-3-6-12-7-4-8-13(9-12)10-14/h5,7,10,13H,3-4,6,8-9H2,1-2H3. The van der Waals surface area contributed by atoms with Crippen LogP contribution in [0.1, 0.15) is 46.0 Å². The van der Waals surface area contributed by atoms with Gasteiger partial charge in [0.15, 0.2) is 0 Å². The molecule has 0 aliphatic heterocycles. The maximum atomic E-state index is 10.6. The van der Waals surface area contributed by atoms with E-state index in [1.165, 1.54) is 11.1 Å². The first-order valence-electron chi connectivity index (χ1n) is 5.49. The van der Waals surface area contributed by atoms with Gasteiger partial charge in [-0.3, -0.25) is 0 Å². The Labute approximate surface area is 86.9 Å². The molecule has 14 heavy (non-hydrogen) atoms. The average Bonchev–Trinajstić information content (AvgIpc) is 2.18. The van der Waals surface area contributed by atoms with E-state index in [2.05, 4.69) is 26.0 Å². The number of carbonyl (C=O) groups is 1. The van der Waals surface area contributed by atoms with Crippen molar-refractivity contribution in [3.63, 3.8) is 0 Å². The number of carbonyl (C=O) groups excluding carboxylic acids is 1. The van der Waals surface area contributed by atoms with Crippen LogP contribution >= 0.6 is 0 Å². The summed E-state index contributed by atoms with van der Waals surface area (Å²) in [6.45, 7) is 4.26. The maximum Gasteiger partial charge on any atom is 0.123 e. The lowest BCUT2D eigenvalue weighted by Gasteiger charge is -2.17. The highest BCUT2D eigenvalue weighted by Gasteiger charge is 2.13. The highest BCUT2D eigenvalue weighted by molar-refractivity contribution is 5.54. The molecule has 1 rings (SSSR count). The molecule has 1 aliphatic carbocycles. The molecule has 1 unspecified atom stereocenters. The lowest BCUT2D eigenvalue weighted by Crippen LogP contribution is -2.07. The minimum Gasteiger partial charge on any atom is -0.303 e. The molecule has 0 saturated carbocycles. The highest BCUT2D eigenvalue weighted by atomic mass is 16.1. The zero-order valence-electron chi connectivity index (χ0n) is 9.25. The van der Waals surface area contributed by atoms with E-state index < -0.39 is 0 Å². The monoisotopic (exact) mass is 192 g/mol.